The van der Waals surface area contributed by atoms with E-state index in [1.165, 1.54) is 19.5 Å². The van der Waals surface area contributed by atoms with Crippen LogP contribution in [0.3, 0.4) is 0 Å². The molecule has 2 atom stereocenters. The van der Waals surface area contributed by atoms with Gasteiger partial charge in [-0.15, -0.1) is 0 Å². The van der Waals surface area contributed by atoms with Crippen LogP contribution < -0.4 is 5.32 Å². The molecule has 18 heavy (non-hydrogen) atoms. The van der Waals surface area contributed by atoms with Crippen LogP contribution in [0.1, 0.15) is 26.7 Å². The largest absolute Gasteiger partial charge is 0.378 e. The molecule has 4 nitrogen and oxygen atoms in total. The van der Waals surface area contributed by atoms with Gasteiger partial charge < -0.3 is 19.7 Å². The van der Waals surface area contributed by atoms with Gasteiger partial charge in [0.15, 0.2) is 0 Å². The Morgan fingerprint density at radius 1 is 1.50 bits per heavy atom. The molecule has 0 aromatic rings. The van der Waals surface area contributed by atoms with Crippen molar-refractivity contribution in [3.63, 3.8) is 0 Å². The van der Waals surface area contributed by atoms with Gasteiger partial charge in [-0.2, -0.15) is 0 Å². The zero-order valence-electron chi connectivity index (χ0n) is 12.1. The summed E-state index contributed by atoms with van der Waals surface area (Å²) in [5.74, 6) is 0.795. The summed E-state index contributed by atoms with van der Waals surface area (Å²) < 4.78 is 11.2. The molecule has 2 heterocycles. The number of rotatable bonds is 6. The Hall–Kier alpha value is -0.160. The van der Waals surface area contributed by atoms with Gasteiger partial charge in [-0.1, -0.05) is 13.8 Å². The van der Waals surface area contributed by atoms with E-state index < -0.39 is 0 Å². The van der Waals surface area contributed by atoms with E-state index in [0.29, 0.717) is 6.04 Å². The maximum Gasteiger partial charge on any atom is 0.106 e. The Balaban J connectivity index is 1.75. The number of methoxy groups -OCH3 is 1. The van der Waals surface area contributed by atoms with Gasteiger partial charge >= 0.3 is 0 Å². The molecular weight excluding hydrogens is 228 g/mol. The highest BCUT2D eigenvalue weighted by Gasteiger charge is 2.38. The van der Waals surface area contributed by atoms with Crippen LogP contribution in [0.15, 0.2) is 0 Å². The first-order valence-corrected chi connectivity index (χ1v) is 7.22. The van der Waals surface area contributed by atoms with Crippen molar-refractivity contribution in [2.75, 3.05) is 46.5 Å². The summed E-state index contributed by atoms with van der Waals surface area (Å²) in [6.45, 7) is 10.6. The van der Waals surface area contributed by atoms with Crippen LogP contribution in [0.4, 0.5) is 0 Å². The summed E-state index contributed by atoms with van der Waals surface area (Å²) >= 11 is 0. The summed E-state index contributed by atoms with van der Waals surface area (Å²) in [6, 6.07) is 0.590. The molecule has 2 rings (SSSR count). The lowest BCUT2D eigenvalue weighted by Crippen LogP contribution is -2.44. The number of hydrogen-bond acceptors (Lipinski definition) is 4. The van der Waals surface area contributed by atoms with Crippen LogP contribution in [0.5, 0.6) is 0 Å². The molecule has 1 N–H and O–H groups in total. The summed E-state index contributed by atoms with van der Waals surface area (Å²) in [5, 5.41) is 3.54. The summed E-state index contributed by atoms with van der Waals surface area (Å²) in [4.78, 5) is 2.55. The third-order valence-electron chi connectivity index (χ3n) is 4.20. The maximum absolute atomic E-state index is 5.71. The highest BCUT2D eigenvalue weighted by molar-refractivity contribution is 4.90. The van der Waals surface area contributed by atoms with E-state index in [-0.39, 0.29) is 5.60 Å². The molecule has 0 amide bonds. The minimum atomic E-state index is -0.0413. The lowest BCUT2D eigenvalue weighted by molar-refractivity contribution is -0.0375. The average molecular weight is 256 g/mol. The zero-order valence-corrected chi connectivity index (χ0v) is 12.1. The van der Waals surface area contributed by atoms with Gasteiger partial charge in [0.05, 0.1) is 6.61 Å². The standard InChI is InChI=1S/C14H28N2O2/c1-12(2)15-8-13-4-6-16(9-13)10-14(17-3)5-7-18-11-14/h12-13,15H,4-11H2,1-3H3. The number of nitrogens with one attached hydrogen (secondary N) is 1. The molecule has 0 saturated carbocycles. The summed E-state index contributed by atoms with van der Waals surface area (Å²) in [5.41, 5.74) is -0.0413. The van der Waals surface area contributed by atoms with E-state index in [9.17, 15) is 0 Å². The molecule has 0 aromatic heterocycles. The lowest BCUT2D eigenvalue weighted by Gasteiger charge is -2.31. The van der Waals surface area contributed by atoms with Gasteiger partial charge in [-0.25, -0.2) is 0 Å². The molecule has 2 unspecified atom stereocenters. The molecule has 0 spiro atoms. The van der Waals surface area contributed by atoms with E-state index in [0.717, 1.165) is 38.6 Å². The van der Waals surface area contributed by atoms with E-state index in [2.05, 4.69) is 24.1 Å². The smallest absolute Gasteiger partial charge is 0.106 e. The molecular formula is C14H28N2O2. The van der Waals surface area contributed by atoms with Crippen molar-refractivity contribution < 1.29 is 9.47 Å². The molecule has 0 aliphatic carbocycles. The van der Waals surface area contributed by atoms with Crippen molar-refractivity contribution in [3.8, 4) is 0 Å². The Kier molecular flexibility index (Phi) is 5.01. The Morgan fingerprint density at radius 2 is 2.33 bits per heavy atom. The summed E-state index contributed by atoms with van der Waals surface area (Å²) in [6.07, 6.45) is 2.34. The summed E-state index contributed by atoms with van der Waals surface area (Å²) in [7, 11) is 1.82. The third-order valence-corrected chi connectivity index (χ3v) is 4.20. The van der Waals surface area contributed by atoms with Crippen LogP contribution in [-0.4, -0.2) is 63.0 Å². The van der Waals surface area contributed by atoms with E-state index >= 15 is 0 Å². The van der Waals surface area contributed by atoms with Crippen LogP contribution in [-0.2, 0) is 9.47 Å². The molecule has 0 aromatic carbocycles. The highest BCUT2D eigenvalue weighted by Crippen LogP contribution is 2.26. The molecule has 2 saturated heterocycles. The second-order valence-electron chi connectivity index (χ2n) is 6.14. The van der Waals surface area contributed by atoms with Gasteiger partial charge in [-0.3, -0.25) is 0 Å². The first kappa shape index (κ1) is 14.3. The van der Waals surface area contributed by atoms with Gasteiger partial charge in [0.2, 0.25) is 0 Å². The number of likely N-dealkylation sites (tertiary alicyclic amines) is 1. The number of nitrogens with zero attached hydrogens (tertiary/aromatic N) is 1. The van der Waals surface area contributed by atoms with E-state index in [1.54, 1.807) is 0 Å². The van der Waals surface area contributed by atoms with Crippen molar-refractivity contribution in [1.29, 1.82) is 0 Å². The highest BCUT2D eigenvalue weighted by atomic mass is 16.5. The monoisotopic (exact) mass is 256 g/mol. The second-order valence-corrected chi connectivity index (χ2v) is 6.14. The average Bonchev–Trinajstić information content (AvgIpc) is 2.97. The van der Waals surface area contributed by atoms with Gasteiger partial charge in [0, 0.05) is 39.3 Å². The molecule has 106 valence electrons. The third kappa shape index (κ3) is 3.67. The predicted molar refractivity (Wildman–Crippen MR) is 72.9 cm³/mol. The quantitative estimate of drug-likeness (QED) is 0.772. The molecule has 4 heteroatoms. The minimum absolute atomic E-state index is 0.0413. The topological polar surface area (TPSA) is 33.7 Å². The van der Waals surface area contributed by atoms with Crippen molar-refractivity contribution in [1.82, 2.24) is 10.2 Å². The zero-order chi connectivity index (χ0) is 13.0. The van der Waals surface area contributed by atoms with Crippen LogP contribution in [0.25, 0.3) is 0 Å². The molecule has 0 radical (unpaired) electrons. The molecule has 2 fully saturated rings. The number of hydrogen-bond donors (Lipinski definition) is 1. The molecule has 2 aliphatic heterocycles. The van der Waals surface area contributed by atoms with E-state index in [4.69, 9.17) is 9.47 Å². The van der Waals surface area contributed by atoms with Crippen molar-refractivity contribution >= 4 is 0 Å². The van der Waals surface area contributed by atoms with Crippen molar-refractivity contribution in [3.05, 3.63) is 0 Å². The maximum atomic E-state index is 5.71. The predicted octanol–water partition coefficient (Wildman–Crippen LogP) is 1.11. The van der Waals surface area contributed by atoms with Gasteiger partial charge in [-0.05, 0) is 25.4 Å². The minimum Gasteiger partial charge on any atom is -0.378 e. The van der Waals surface area contributed by atoms with Crippen molar-refractivity contribution in [2.45, 2.75) is 38.3 Å². The van der Waals surface area contributed by atoms with Gasteiger partial charge in [0.25, 0.3) is 0 Å². The normalized spacial score (nSPS) is 33.7. The van der Waals surface area contributed by atoms with Crippen LogP contribution in [0, 0.1) is 5.92 Å². The first-order valence-electron chi connectivity index (χ1n) is 7.22. The van der Waals surface area contributed by atoms with E-state index in [1.807, 2.05) is 7.11 Å². The fourth-order valence-corrected chi connectivity index (χ4v) is 2.97. The van der Waals surface area contributed by atoms with Crippen molar-refractivity contribution in [2.24, 2.45) is 5.92 Å². The second kappa shape index (κ2) is 6.33. The Bertz CT molecular complexity index is 252. The Morgan fingerprint density at radius 3 is 2.94 bits per heavy atom. The fourth-order valence-electron chi connectivity index (χ4n) is 2.97. The number of ether oxygens (including phenoxy) is 2. The fraction of sp³-hybridized carbons (Fsp3) is 1.00. The Labute approximate surface area is 111 Å². The van der Waals surface area contributed by atoms with Crippen LogP contribution in [0.2, 0.25) is 0 Å². The van der Waals surface area contributed by atoms with Crippen LogP contribution >= 0.6 is 0 Å². The molecule has 2 aliphatic rings. The lowest BCUT2D eigenvalue weighted by atomic mass is 10.0. The molecule has 0 bridgehead atoms. The first-order chi connectivity index (χ1) is 8.63. The SMILES string of the molecule is COC1(CN2CCC(CNC(C)C)C2)CCOC1. The van der Waals surface area contributed by atoms with Gasteiger partial charge in [0.1, 0.15) is 5.60 Å².